The Morgan fingerprint density at radius 2 is 0.520 bits per heavy atom. The third-order valence-corrected chi connectivity index (χ3v) is 20.7. The van der Waals surface area contributed by atoms with Crippen LogP contribution in [0.3, 0.4) is 0 Å². The van der Waals surface area contributed by atoms with E-state index in [1.165, 1.54) is 231 Å². The Morgan fingerprint density at radius 3 is 0.776 bits per heavy atom. The number of phosphoric acid groups is 2. The van der Waals surface area contributed by atoms with E-state index in [0.29, 0.717) is 25.7 Å². The van der Waals surface area contributed by atoms with E-state index in [9.17, 15) is 43.2 Å². The van der Waals surface area contributed by atoms with Gasteiger partial charge in [-0.15, -0.1) is 0 Å². The molecule has 3 N–H and O–H groups in total. The highest BCUT2D eigenvalue weighted by molar-refractivity contribution is 7.47. The normalized spacial score (nSPS) is 14.2. The van der Waals surface area contributed by atoms with Gasteiger partial charge in [0.1, 0.15) is 19.3 Å². The smallest absolute Gasteiger partial charge is 0.462 e. The monoisotopic (exact) mass is 1440 g/mol. The van der Waals surface area contributed by atoms with Crippen molar-refractivity contribution in [3.05, 3.63) is 0 Å². The average Bonchev–Trinajstić information content (AvgIpc) is 1.27. The summed E-state index contributed by atoms with van der Waals surface area (Å²) in [6.07, 6.45) is 59.4. The van der Waals surface area contributed by atoms with Gasteiger partial charge < -0.3 is 33.8 Å². The molecule has 19 heteroatoms. The minimum Gasteiger partial charge on any atom is -0.462 e. The summed E-state index contributed by atoms with van der Waals surface area (Å²) in [7, 11) is -9.92. The van der Waals surface area contributed by atoms with Gasteiger partial charge in [-0.2, -0.15) is 0 Å². The third kappa shape index (κ3) is 71.1. The van der Waals surface area contributed by atoms with Crippen LogP contribution in [0.1, 0.15) is 414 Å². The van der Waals surface area contributed by atoms with Crippen molar-refractivity contribution in [3.8, 4) is 0 Å². The van der Waals surface area contributed by atoms with Crippen LogP contribution in [0.15, 0.2) is 0 Å². The largest absolute Gasteiger partial charge is 0.472 e. The molecule has 0 aliphatic rings. The molecule has 0 saturated heterocycles. The van der Waals surface area contributed by atoms with Crippen LogP contribution in [0, 0.1) is 11.8 Å². The summed E-state index contributed by atoms with van der Waals surface area (Å²) in [6.45, 7) is 9.65. The highest BCUT2D eigenvalue weighted by atomic mass is 31.2. The van der Waals surface area contributed by atoms with Crippen LogP contribution in [0.25, 0.3) is 0 Å². The molecule has 98 heavy (non-hydrogen) atoms. The summed E-state index contributed by atoms with van der Waals surface area (Å²) in [5.74, 6) is -0.549. The Balaban J connectivity index is 5.27. The van der Waals surface area contributed by atoms with Crippen LogP contribution in [0.4, 0.5) is 0 Å². The number of unbranched alkanes of at least 4 members (excludes halogenated alkanes) is 47. The van der Waals surface area contributed by atoms with E-state index in [1.807, 2.05) is 0 Å². The predicted octanol–water partition coefficient (Wildman–Crippen LogP) is 23.5. The van der Waals surface area contributed by atoms with Gasteiger partial charge in [0.05, 0.1) is 26.4 Å². The molecule has 0 fully saturated rings. The molecule has 0 saturated carbocycles. The quantitative estimate of drug-likeness (QED) is 0.0222. The van der Waals surface area contributed by atoms with E-state index < -0.39 is 97.5 Å². The number of carbonyl (C=O) groups excluding carboxylic acids is 4. The van der Waals surface area contributed by atoms with Crippen molar-refractivity contribution >= 4 is 39.5 Å². The first-order valence-corrected chi connectivity index (χ1v) is 44.0. The molecule has 0 spiro atoms. The van der Waals surface area contributed by atoms with Gasteiger partial charge in [0, 0.05) is 25.7 Å². The van der Waals surface area contributed by atoms with E-state index in [2.05, 4.69) is 41.5 Å². The Bertz CT molecular complexity index is 1890. The first kappa shape index (κ1) is 96.1. The van der Waals surface area contributed by atoms with Gasteiger partial charge in [0.15, 0.2) is 12.2 Å². The van der Waals surface area contributed by atoms with Crippen LogP contribution in [-0.4, -0.2) is 96.7 Å². The topological polar surface area (TPSA) is 237 Å². The lowest BCUT2D eigenvalue weighted by Crippen LogP contribution is -2.30. The van der Waals surface area contributed by atoms with Crippen LogP contribution < -0.4 is 0 Å². The average molecular weight is 1440 g/mol. The fraction of sp³-hybridized carbons (Fsp3) is 0.949. The van der Waals surface area contributed by atoms with Crippen molar-refractivity contribution in [2.45, 2.75) is 432 Å². The maximum absolute atomic E-state index is 13.1. The zero-order valence-electron chi connectivity index (χ0n) is 64.1. The molecule has 0 bridgehead atoms. The summed E-state index contributed by atoms with van der Waals surface area (Å²) < 4.78 is 68.7. The molecular formula is C79H154O17P2. The number of phosphoric ester groups is 2. The number of ether oxygens (including phenoxy) is 4. The number of rotatable bonds is 78. The first-order chi connectivity index (χ1) is 47.4. The molecule has 0 aliphatic heterocycles. The minimum absolute atomic E-state index is 0.108. The van der Waals surface area contributed by atoms with Gasteiger partial charge in [-0.1, -0.05) is 363 Å². The zero-order valence-corrected chi connectivity index (χ0v) is 65.9. The molecule has 0 amide bonds. The summed E-state index contributed by atoms with van der Waals surface area (Å²) in [5.41, 5.74) is 0. The lowest BCUT2D eigenvalue weighted by atomic mass is 9.99. The summed E-state index contributed by atoms with van der Waals surface area (Å²) in [4.78, 5) is 73.0. The standard InChI is InChI=1S/C79H154O17P2/c1-7-10-12-14-16-18-20-22-24-26-28-34-38-46-52-58-64-78(83)95-74(67-89-76(81)61-55-49-43-36-32-30-29-31-35-41-47-53-59-71(4)5)69-93-97(85,86)91-65-73(80)66-92-98(87,88)94-70-75(68-90-77(82)62-56-50-44-40-39-42-48-54-60-72(6)9-3)96-79(84)63-57-51-45-37-33-27-25-23-21-19-17-15-13-11-8-2/h71-75,80H,7-70H2,1-6H3,(H,85,86)(H,87,88)/t72?,73-,74-,75-/m1/s1. The van der Waals surface area contributed by atoms with Gasteiger partial charge in [0.2, 0.25) is 0 Å². The number of aliphatic hydroxyl groups is 1. The van der Waals surface area contributed by atoms with Crippen molar-refractivity contribution in [2.24, 2.45) is 11.8 Å². The SMILES string of the molecule is CCCCCCCCCCCCCCCCCCC(=O)O[C@H](COC(=O)CCCCCCCCCCCCCCC(C)C)COP(=O)(O)OC[C@@H](O)COP(=O)(O)OC[C@@H](COC(=O)CCCCCCCCCCC(C)CC)OC(=O)CCCCCCCCCCCCCCCCC. The lowest BCUT2D eigenvalue weighted by molar-refractivity contribution is -0.161. The zero-order chi connectivity index (χ0) is 72.1. The second kappa shape index (κ2) is 70.7. The van der Waals surface area contributed by atoms with Gasteiger partial charge in [-0.05, 0) is 37.5 Å². The number of hydrogen-bond donors (Lipinski definition) is 3. The second-order valence-electron chi connectivity index (χ2n) is 29.2. The van der Waals surface area contributed by atoms with Crippen LogP contribution in [0.2, 0.25) is 0 Å². The molecule has 0 heterocycles. The molecule has 0 aromatic heterocycles. The van der Waals surface area contributed by atoms with Crippen molar-refractivity contribution < 1.29 is 80.2 Å². The van der Waals surface area contributed by atoms with Crippen molar-refractivity contribution in [1.82, 2.24) is 0 Å². The maximum Gasteiger partial charge on any atom is 0.472 e. The molecule has 17 nitrogen and oxygen atoms in total. The first-order valence-electron chi connectivity index (χ1n) is 41.0. The molecule has 0 aliphatic carbocycles. The Hall–Kier alpha value is -1.94. The fourth-order valence-corrected chi connectivity index (χ4v) is 13.7. The van der Waals surface area contributed by atoms with E-state index in [1.54, 1.807) is 0 Å². The Labute approximate surface area is 600 Å². The molecule has 582 valence electrons. The molecule has 0 rings (SSSR count). The number of aliphatic hydroxyl groups excluding tert-OH is 1. The summed E-state index contributed by atoms with van der Waals surface area (Å²) in [6, 6.07) is 0. The molecule has 3 unspecified atom stereocenters. The second-order valence-corrected chi connectivity index (χ2v) is 32.1. The van der Waals surface area contributed by atoms with Crippen molar-refractivity contribution in [1.29, 1.82) is 0 Å². The van der Waals surface area contributed by atoms with Gasteiger partial charge >= 0.3 is 39.5 Å². The van der Waals surface area contributed by atoms with E-state index in [0.717, 1.165) is 102 Å². The number of hydrogen-bond acceptors (Lipinski definition) is 15. The highest BCUT2D eigenvalue weighted by Gasteiger charge is 2.30. The lowest BCUT2D eigenvalue weighted by Gasteiger charge is -2.21. The number of esters is 4. The molecule has 0 aromatic rings. The molecule has 0 aromatic carbocycles. The van der Waals surface area contributed by atoms with Crippen molar-refractivity contribution in [3.63, 3.8) is 0 Å². The summed E-state index contributed by atoms with van der Waals surface area (Å²) >= 11 is 0. The highest BCUT2D eigenvalue weighted by Crippen LogP contribution is 2.45. The molecule has 0 radical (unpaired) electrons. The predicted molar refractivity (Wildman–Crippen MR) is 400 cm³/mol. The van der Waals surface area contributed by atoms with Gasteiger partial charge in [-0.25, -0.2) is 9.13 Å². The van der Waals surface area contributed by atoms with E-state index >= 15 is 0 Å². The Kier molecular flexibility index (Phi) is 69.3. The maximum atomic E-state index is 13.1. The van der Waals surface area contributed by atoms with E-state index in [4.69, 9.17) is 37.0 Å². The minimum atomic E-state index is -4.96. The van der Waals surface area contributed by atoms with Crippen LogP contribution in [0.5, 0.6) is 0 Å². The molecular weight excluding hydrogens is 1280 g/mol. The third-order valence-electron chi connectivity index (χ3n) is 18.8. The van der Waals surface area contributed by atoms with E-state index in [-0.39, 0.29) is 25.7 Å². The fourth-order valence-electron chi connectivity index (χ4n) is 12.2. The van der Waals surface area contributed by atoms with Crippen molar-refractivity contribution in [2.75, 3.05) is 39.6 Å². The molecule has 6 atom stereocenters. The van der Waals surface area contributed by atoms with Crippen LogP contribution >= 0.6 is 15.6 Å². The van der Waals surface area contributed by atoms with Gasteiger partial charge in [0.25, 0.3) is 0 Å². The van der Waals surface area contributed by atoms with Gasteiger partial charge in [-0.3, -0.25) is 37.3 Å². The summed E-state index contributed by atoms with van der Waals surface area (Å²) in [5, 5.41) is 10.6. The Morgan fingerprint density at radius 1 is 0.296 bits per heavy atom. The number of carbonyl (C=O) groups is 4. The van der Waals surface area contributed by atoms with Crippen LogP contribution in [-0.2, 0) is 65.4 Å².